The van der Waals surface area contributed by atoms with Crippen LogP contribution in [0.5, 0.6) is 0 Å². The van der Waals surface area contributed by atoms with Crippen molar-refractivity contribution in [1.82, 2.24) is 4.90 Å². The van der Waals surface area contributed by atoms with Crippen molar-refractivity contribution >= 4 is 16.7 Å². The molecule has 0 radical (unpaired) electrons. The SMILES string of the molecule is C[C@@H]1COCc2c(C#N)cc3ccccc3c2C(=O)N1C. The van der Waals surface area contributed by atoms with Gasteiger partial charge < -0.3 is 9.64 Å². The lowest BCUT2D eigenvalue weighted by Gasteiger charge is -2.29. The number of benzene rings is 2. The number of fused-ring (bicyclic) bond motifs is 3. The first kappa shape index (κ1) is 13.6. The highest BCUT2D eigenvalue weighted by Gasteiger charge is 2.27. The highest BCUT2D eigenvalue weighted by Crippen LogP contribution is 2.29. The van der Waals surface area contributed by atoms with Crippen LogP contribution in [0.3, 0.4) is 0 Å². The Balaban J connectivity index is 2.35. The molecule has 1 aliphatic heterocycles. The number of likely N-dealkylation sites (N-methyl/N-ethyl adjacent to an activating group) is 1. The fourth-order valence-electron chi connectivity index (χ4n) is 2.70. The molecule has 4 heteroatoms. The number of rotatable bonds is 0. The van der Waals surface area contributed by atoms with E-state index in [0.717, 1.165) is 10.8 Å². The lowest BCUT2D eigenvalue weighted by Crippen LogP contribution is -2.40. The molecule has 0 aliphatic carbocycles. The second-order valence-corrected chi connectivity index (χ2v) is 5.39. The van der Waals surface area contributed by atoms with Crippen molar-refractivity contribution in [3.8, 4) is 6.07 Å². The number of ether oxygens (including phenoxy) is 1. The average Bonchev–Trinajstić information content (AvgIpc) is 2.51. The van der Waals surface area contributed by atoms with Crippen LogP contribution in [-0.4, -0.2) is 30.5 Å². The molecule has 4 nitrogen and oxygen atoms in total. The molecular weight excluding hydrogens is 264 g/mol. The first-order valence-corrected chi connectivity index (χ1v) is 6.93. The van der Waals surface area contributed by atoms with E-state index in [0.29, 0.717) is 29.9 Å². The monoisotopic (exact) mass is 280 g/mol. The first-order valence-electron chi connectivity index (χ1n) is 6.93. The number of hydrogen-bond donors (Lipinski definition) is 0. The van der Waals surface area contributed by atoms with E-state index in [1.807, 2.05) is 37.3 Å². The van der Waals surface area contributed by atoms with Gasteiger partial charge in [0, 0.05) is 12.6 Å². The second-order valence-electron chi connectivity index (χ2n) is 5.39. The summed E-state index contributed by atoms with van der Waals surface area (Å²) in [6, 6.07) is 11.7. The summed E-state index contributed by atoms with van der Waals surface area (Å²) in [7, 11) is 1.78. The fraction of sp³-hybridized carbons (Fsp3) is 0.294. The van der Waals surface area contributed by atoms with Gasteiger partial charge in [0.05, 0.1) is 36.5 Å². The quantitative estimate of drug-likeness (QED) is 0.745. The molecule has 0 saturated heterocycles. The molecule has 1 aliphatic rings. The molecule has 0 bridgehead atoms. The topological polar surface area (TPSA) is 53.3 Å². The van der Waals surface area contributed by atoms with Crippen LogP contribution in [0.4, 0.5) is 0 Å². The average molecular weight is 280 g/mol. The van der Waals surface area contributed by atoms with Gasteiger partial charge >= 0.3 is 0 Å². The third-order valence-corrected chi connectivity index (χ3v) is 4.08. The fourth-order valence-corrected chi connectivity index (χ4v) is 2.70. The zero-order chi connectivity index (χ0) is 15.0. The van der Waals surface area contributed by atoms with Crippen LogP contribution in [0.15, 0.2) is 30.3 Å². The number of nitriles is 1. The molecule has 0 unspecified atom stereocenters. The molecule has 0 spiro atoms. The van der Waals surface area contributed by atoms with Gasteiger partial charge in [-0.2, -0.15) is 5.26 Å². The maximum absolute atomic E-state index is 12.8. The van der Waals surface area contributed by atoms with E-state index in [4.69, 9.17) is 4.74 Å². The van der Waals surface area contributed by atoms with E-state index in [9.17, 15) is 10.1 Å². The van der Waals surface area contributed by atoms with Gasteiger partial charge in [0.25, 0.3) is 5.91 Å². The molecule has 21 heavy (non-hydrogen) atoms. The zero-order valence-corrected chi connectivity index (χ0v) is 12.1. The Morgan fingerprint density at radius 1 is 1.38 bits per heavy atom. The molecule has 0 saturated carbocycles. The Hall–Kier alpha value is -2.38. The van der Waals surface area contributed by atoms with Gasteiger partial charge in [-0.15, -0.1) is 0 Å². The lowest BCUT2D eigenvalue weighted by molar-refractivity contribution is 0.0438. The van der Waals surface area contributed by atoms with Gasteiger partial charge in [-0.3, -0.25) is 4.79 Å². The molecule has 2 aromatic rings. The van der Waals surface area contributed by atoms with Crippen LogP contribution in [0, 0.1) is 11.3 Å². The number of nitrogens with zero attached hydrogens (tertiary/aromatic N) is 2. The van der Waals surface area contributed by atoms with Gasteiger partial charge in [0.1, 0.15) is 0 Å². The van der Waals surface area contributed by atoms with Gasteiger partial charge in [-0.05, 0) is 23.8 Å². The molecule has 2 aromatic carbocycles. The number of carbonyl (C=O) groups is 1. The zero-order valence-electron chi connectivity index (χ0n) is 12.1. The summed E-state index contributed by atoms with van der Waals surface area (Å²) in [5.41, 5.74) is 1.80. The number of hydrogen-bond acceptors (Lipinski definition) is 3. The molecule has 3 rings (SSSR count). The molecule has 0 fully saturated rings. The lowest BCUT2D eigenvalue weighted by atomic mass is 9.93. The van der Waals surface area contributed by atoms with Crippen LogP contribution in [-0.2, 0) is 11.3 Å². The Morgan fingerprint density at radius 3 is 2.90 bits per heavy atom. The Morgan fingerprint density at radius 2 is 2.14 bits per heavy atom. The molecule has 1 heterocycles. The van der Waals surface area contributed by atoms with E-state index in [1.165, 1.54) is 0 Å². The van der Waals surface area contributed by atoms with Crippen LogP contribution in [0.25, 0.3) is 10.8 Å². The number of carbonyl (C=O) groups excluding carboxylic acids is 1. The van der Waals surface area contributed by atoms with Crippen molar-refractivity contribution in [1.29, 1.82) is 5.26 Å². The van der Waals surface area contributed by atoms with Crippen LogP contribution >= 0.6 is 0 Å². The third-order valence-electron chi connectivity index (χ3n) is 4.08. The van der Waals surface area contributed by atoms with E-state index in [1.54, 1.807) is 11.9 Å². The van der Waals surface area contributed by atoms with Crippen molar-refractivity contribution in [2.45, 2.75) is 19.6 Å². The maximum atomic E-state index is 12.8. The minimum atomic E-state index is -0.0471. The van der Waals surface area contributed by atoms with E-state index < -0.39 is 0 Å². The van der Waals surface area contributed by atoms with Crippen LogP contribution in [0.2, 0.25) is 0 Å². The van der Waals surface area contributed by atoms with Crippen molar-refractivity contribution in [2.24, 2.45) is 0 Å². The summed E-state index contributed by atoms with van der Waals surface area (Å²) in [5, 5.41) is 11.2. The predicted octanol–water partition coefficient (Wildman–Crippen LogP) is 2.70. The van der Waals surface area contributed by atoms with Crippen molar-refractivity contribution in [3.05, 3.63) is 47.0 Å². The molecule has 1 atom stereocenters. The predicted molar refractivity (Wildman–Crippen MR) is 79.9 cm³/mol. The smallest absolute Gasteiger partial charge is 0.254 e. The van der Waals surface area contributed by atoms with E-state index in [2.05, 4.69) is 6.07 Å². The molecule has 106 valence electrons. The third kappa shape index (κ3) is 2.16. The minimum Gasteiger partial charge on any atom is -0.375 e. The Labute approximate surface area is 123 Å². The first-order chi connectivity index (χ1) is 10.1. The highest BCUT2D eigenvalue weighted by molar-refractivity contribution is 6.09. The summed E-state index contributed by atoms with van der Waals surface area (Å²) in [6.07, 6.45) is 0. The molecule has 0 aromatic heterocycles. The molecule has 1 amide bonds. The number of amides is 1. The van der Waals surface area contributed by atoms with Crippen molar-refractivity contribution in [2.75, 3.05) is 13.7 Å². The van der Waals surface area contributed by atoms with Gasteiger partial charge in [-0.1, -0.05) is 24.3 Å². The van der Waals surface area contributed by atoms with Crippen LogP contribution < -0.4 is 0 Å². The molecular formula is C17H16N2O2. The highest BCUT2D eigenvalue weighted by atomic mass is 16.5. The van der Waals surface area contributed by atoms with E-state index >= 15 is 0 Å². The van der Waals surface area contributed by atoms with Crippen molar-refractivity contribution in [3.63, 3.8) is 0 Å². The van der Waals surface area contributed by atoms with Gasteiger partial charge in [-0.25, -0.2) is 0 Å². The summed E-state index contributed by atoms with van der Waals surface area (Å²) < 4.78 is 5.68. The summed E-state index contributed by atoms with van der Waals surface area (Å²) >= 11 is 0. The van der Waals surface area contributed by atoms with Gasteiger partial charge in [0.15, 0.2) is 0 Å². The summed E-state index contributed by atoms with van der Waals surface area (Å²) in [6.45, 7) is 2.73. The van der Waals surface area contributed by atoms with Crippen LogP contribution in [0.1, 0.15) is 28.4 Å². The standard InChI is InChI=1S/C17H16N2O2/c1-11-9-21-10-15-13(8-18)7-12-5-3-4-6-14(12)16(15)17(20)19(11)2/h3-7,11H,9-10H2,1-2H3/t11-/m1/s1. The largest absolute Gasteiger partial charge is 0.375 e. The second kappa shape index (κ2) is 5.19. The normalized spacial score (nSPS) is 18.8. The van der Waals surface area contributed by atoms with Crippen molar-refractivity contribution < 1.29 is 9.53 Å². The Bertz CT molecular complexity index is 761. The Kier molecular flexibility index (Phi) is 3.36. The minimum absolute atomic E-state index is 0.00940. The summed E-state index contributed by atoms with van der Waals surface area (Å²) in [5.74, 6) is -0.0471. The van der Waals surface area contributed by atoms with E-state index in [-0.39, 0.29) is 11.9 Å². The summed E-state index contributed by atoms with van der Waals surface area (Å²) in [4.78, 5) is 14.5. The maximum Gasteiger partial charge on any atom is 0.254 e. The molecule has 0 N–H and O–H groups in total. The van der Waals surface area contributed by atoms with Gasteiger partial charge in [0.2, 0.25) is 0 Å².